The highest BCUT2D eigenvalue weighted by Crippen LogP contribution is 2.34. The van der Waals surface area contributed by atoms with Crippen LogP contribution >= 0.6 is 11.6 Å². The summed E-state index contributed by atoms with van der Waals surface area (Å²) in [5.74, 6) is 1.49. The first-order valence-corrected chi connectivity index (χ1v) is 7.43. The summed E-state index contributed by atoms with van der Waals surface area (Å²) < 4.78 is 0. The maximum atomic E-state index is 6.16. The highest BCUT2D eigenvalue weighted by atomic mass is 35.5. The van der Waals surface area contributed by atoms with E-state index in [0.29, 0.717) is 17.8 Å². The third kappa shape index (κ3) is 2.94. The molecule has 0 saturated carbocycles. The van der Waals surface area contributed by atoms with E-state index in [1.54, 1.807) is 0 Å². The number of hydrogen-bond donors (Lipinski definition) is 0. The second kappa shape index (κ2) is 5.54. The summed E-state index contributed by atoms with van der Waals surface area (Å²) in [6, 6.07) is 6.12. The Morgan fingerprint density at radius 2 is 1.89 bits per heavy atom. The van der Waals surface area contributed by atoms with Crippen LogP contribution in [0.3, 0.4) is 0 Å². The summed E-state index contributed by atoms with van der Waals surface area (Å²) in [4.78, 5) is 0. The fourth-order valence-corrected chi connectivity index (χ4v) is 2.86. The number of nitrogens with zero attached hydrogens (tertiary/aromatic N) is 2. The summed E-state index contributed by atoms with van der Waals surface area (Å²) in [5.41, 5.74) is 3.75. The van der Waals surface area contributed by atoms with E-state index in [9.17, 15) is 0 Å². The molecule has 1 aliphatic rings. The fraction of sp³-hybridized carbons (Fsp3) is 0.562. The smallest absolute Gasteiger partial charge is 0.0643 e. The third-order valence-corrected chi connectivity index (χ3v) is 3.91. The van der Waals surface area contributed by atoms with Crippen LogP contribution in [0.1, 0.15) is 46.1 Å². The van der Waals surface area contributed by atoms with Crippen molar-refractivity contribution in [3.63, 3.8) is 0 Å². The van der Waals surface area contributed by atoms with Crippen LogP contribution < -0.4 is 5.01 Å². The first kappa shape index (κ1) is 14.4. The molecule has 3 heteroatoms. The van der Waals surface area contributed by atoms with Crippen molar-refractivity contribution in [1.82, 2.24) is 0 Å². The van der Waals surface area contributed by atoms with Crippen molar-refractivity contribution in [3.8, 4) is 0 Å². The van der Waals surface area contributed by atoms with E-state index in [1.165, 1.54) is 11.3 Å². The van der Waals surface area contributed by atoms with Crippen LogP contribution in [0, 0.1) is 11.8 Å². The van der Waals surface area contributed by atoms with Gasteiger partial charge in [0.1, 0.15) is 0 Å². The molecule has 0 saturated heterocycles. The molecule has 1 aromatic carbocycles. The predicted octanol–water partition coefficient (Wildman–Crippen LogP) is 4.93. The van der Waals surface area contributed by atoms with Gasteiger partial charge < -0.3 is 0 Å². The fourth-order valence-electron chi connectivity index (χ4n) is 2.70. The molecule has 2 nitrogen and oxygen atoms in total. The molecular formula is C16H23ClN2. The van der Waals surface area contributed by atoms with Gasteiger partial charge in [0.15, 0.2) is 0 Å². The number of hydrogen-bond acceptors (Lipinski definition) is 2. The van der Waals surface area contributed by atoms with Crippen LogP contribution in [0.15, 0.2) is 23.3 Å². The summed E-state index contributed by atoms with van der Waals surface area (Å²) in [7, 11) is 0. The number of hydrazone groups is 1. The van der Waals surface area contributed by atoms with E-state index in [2.05, 4.69) is 45.7 Å². The maximum Gasteiger partial charge on any atom is 0.0643 e. The molecule has 0 radical (unpaired) electrons. The first-order chi connectivity index (χ1) is 8.90. The van der Waals surface area contributed by atoms with Crippen LogP contribution in [0.4, 0.5) is 5.69 Å². The Bertz CT molecular complexity index is 492. The molecule has 0 aromatic heterocycles. The van der Waals surface area contributed by atoms with Gasteiger partial charge in [0.05, 0.1) is 5.69 Å². The largest absolute Gasteiger partial charge is 0.265 e. The van der Waals surface area contributed by atoms with Gasteiger partial charge >= 0.3 is 0 Å². The number of benzene rings is 1. The molecule has 2 rings (SSSR count). The minimum Gasteiger partial charge on any atom is -0.265 e. The summed E-state index contributed by atoms with van der Waals surface area (Å²) in [6.07, 6.45) is 0. The lowest BCUT2D eigenvalue weighted by molar-refractivity contribution is 0.736. The van der Waals surface area contributed by atoms with Gasteiger partial charge in [-0.25, -0.2) is 0 Å². The number of anilines is 1. The van der Waals surface area contributed by atoms with Crippen molar-refractivity contribution in [2.45, 2.75) is 40.5 Å². The van der Waals surface area contributed by atoms with Crippen molar-refractivity contribution >= 4 is 23.0 Å². The van der Waals surface area contributed by atoms with E-state index in [0.717, 1.165) is 17.3 Å². The Morgan fingerprint density at radius 3 is 2.42 bits per heavy atom. The molecule has 0 spiro atoms. The van der Waals surface area contributed by atoms with Crippen LogP contribution in [-0.4, -0.2) is 12.3 Å². The van der Waals surface area contributed by atoms with Gasteiger partial charge in [0.25, 0.3) is 0 Å². The quantitative estimate of drug-likeness (QED) is 0.765. The SMILES string of the molecule is CC(C)C1=NN(c2cc(Cl)ccc2C(C)C)CC1C. The van der Waals surface area contributed by atoms with Crippen LogP contribution in [-0.2, 0) is 0 Å². The van der Waals surface area contributed by atoms with Crippen LogP contribution in [0.25, 0.3) is 0 Å². The maximum absolute atomic E-state index is 6.16. The molecule has 1 aliphatic heterocycles. The zero-order valence-corrected chi connectivity index (χ0v) is 13.2. The Labute approximate surface area is 121 Å². The van der Waals surface area contributed by atoms with Crippen LogP contribution in [0.5, 0.6) is 0 Å². The lowest BCUT2D eigenvalue weighted by Crippen LogP contribution is -2.19. The predicted molar refractivity (Wildman–Crippen MR) is 84.3 cm³/mol. The molecule has 0 fully saturated rings. The molecule has 19 heavy (non-hydrogen) atoms. The molecule has 1 aromatic rings. The minimum atomic E-state index is 0.473. The lowest BCUT2D eigenvalue weighted by Gasteiger charge is -2.21. The second-order valence-electron chi connectivity index (χ2n) is 6.02. The Balaban J connectivity index is 2.40. The average molecular weight is 279 g/mol. The normalized spacial score (nSPS) is 19.5. The minimum absolute atomic E-state index is 0.473. The van der Waals surface area contributed by atoms with Crippen LogP contribution in [0.2, 0.25) is 5.02 Å². The first-order valence-electron chi connectivity index (χ1n) is 7.05. The third-order valence-electron chi connectivity index (χ3n) is 3.67. The highest BCUT2D eigenvalue weighted by molar-refractivity contribution is 6.30. The van der Waals surface area contributed by atoms with Crippen molar-refractivity contribution in [2.24, 2.45) is 16.9 Å². The van der Waals surface area contributed by atoms with Crippen molar-refractivity contribution in [3.05, 3.63) is 28.8 Å². The Kier molecular flexibility index (Phi) is 4.19. The monoisotopic (exact) mass is 278 g/mol. The Morgan fingerprint density at radius 1 is 1.21 bits per heavy atom. The van der Waals surface area contributed by atoms with E-state index < -0.39 is 0 Å². The van der Waals surface area contributed by atoms with Crippen molar-refractivity contribution in [2.75, 3.05) is 11.6 Å². The molecule has 1 heterocycles. The molecule has 0 amide bonds. The van der Waals surface area contributed by atoms with Gasteiger partial charge in [-0.1, -0.05) is 52.3 Å². The summed E-state index contributed by atoms with van der Waals surface area (Å²) in [6.45, 7) is 12.0. The number of halogens is 1. The standard InChI is InChI=1S/C16H23ClN2/c1-10(2)14-7-6-13(17)8-15(14)19-9-12(5)16(18-19)11(3)4/h6-8,10-12H,9H2,1-5H3. The molecule has 1 unspecified atom stereocenters. The summed E-state index contributed by atoms with van der Waals surface area (Å²) in [5, 5.41) is 7.72. The van der Waals surface area contributed by atoms with Crippen molar-refractivity contribution < 1.29 is 0 Å². The highest BCUT2D eigenvalue weighted by Gasteiger charge is 2.27. The molecule has 0 aliphatic carbocycles. The molecule has 0 N–H and O–H groups in total. The zero-order valence-electron chi connectivity index (χ0n) is 12.4. The van der Waals surface area contributed by atoms with Gasteiger partial charge in [0.2, 0.25) is 0 Å². The van der Waals surface area contributed by atoms with Gasteiger partial charge in [-0.3, -0.25) is 5.01 Å². The molecular weight excluding hydrogens is 256 g/mol. The average Bonchev–Trinajstić information content (AvgIpc) is 2.70. The van der Waals surface area contributed by atoms with Gasteiger partial charge in [0, 0.05) is 23.2 Å². The lowest BCUT2D eigenvalue weighted by atomic mass is 9.96. The Hall–Kier alpha value is -1.02. The van der Waals surface area contributed by atoms with Crippen molar-refractivity contribution in [1.29, 1.82) is 0 Å². The van der Waals surface area contributed by atoms with Gasteiger partial charge in [-0.15, -0.1) is 0 Å². The zero-order chi connectivity index (χ0) is 14.2. The summed E-state index contributed by atoms with van der Waals surface area (Å²) >= 11 is 6.16. The molecule has 104 valence electrons. The topological polar surface area (TPSA) is 15.6 Å². The van der Waals surface area contributed by atoms with Gasteiger partial charge in [-0.05, 0) is 29.5 Å². The van der Waals surface area contributed by atoms with E-state index in [1.807, 2.05) is 12.1 Å². The van der Waals surface area contributed by atoms with E-state index in [-0.39, 0.29) is 0 Å². The molecule has 1 atom stereocenters. The molecule has 0 bridgehead atoms. The van der Waals surface area contributed by atoms with E-state index >= 15 is 0 Å². The second-order valence-corrected chi connectivity index (χ2v) is 6.46. The van der Waals surface area contributed by atoms with Gasteiger partial charge in [-0.2, -0.15) is 5.10 Å². The number of rotatable bonds is 3. The van der Waals surface area contributed by atoms with E-state index in [4.69, 9.17) is 16.7 Å².